The van der Waals surface area contributed by atoms with Crippen LogP contribution in [0.1, 0.15) is 62.1 Å². The molecule has 34 heavy (non-hydrogen) atoms. The van der Waals surface area contributed by atoms with Gasteiger partial charge in [0.2, 0.25) is 5.91 Å². The highest BCUT2D eigenvalue weighted by molar-refractivity contribution is 6.33. The van der Waals surface area contributed by atoms with Crippen LogP contribution in [-0.4, -0.2) is 23.2 Å². The third-order valence-electron chi connectivity index (χ3n) is 7.14. The molecule has 0 radical (unpaired) electrons. The van der Waals surface area contributed by atoms with Gasteiger partial charge >= 0.3 is 12.1 Å². The van der Waals surface area contributed by atoms with Crippen molar-refractivity contribution in [3.05, 3.63) is 64.2 Å². The van der Waals surface area contributed by atoms with Gasteiger partial charge in [0.25, 0.3) is 0 Å². The maximum absolute atomic E-state index is 13.7. The van der Waals surface area contributed by atoms with Gasteiger partial charge in [0.1, 0.15) is 0 Å². The minimum Gasteiger partial charge on any atom is -0.481 e. The quantitative estimate of drug-likeness (QED) is 0.410. The van der Waals surface area contributed by atoms with E-state index >= 15 is 0 Å². The lowest BCUT2D eigenvalue weighted by atomic mass is 9.61. The van der Waals surface area contributed by atoms with Crippen LogP contribution in [-0.2, 0) is 15.0 Å². The second-order valence-electron chi connectivity index (χ2n) is 9.52. The van der Waals surface area contributed by atoms with E-state index in [1.165, 1.54) is 12.1 Å². The van der Waals surface area contributed by atoms with Crippen LogP contribution in [0.15, 0.2) is 42.5 Å². The van der Waals surface area contributed by atoms with Crippen LogP contribution < -0.4 is 5.32 Å². The standard InChI is InChI=1S/C26H29ClF3NO3/c1-15-7-9-17(10-8-15)23(16(2)26(28,29)30)24(34)31-21-13-19(11-12-20(21)27)25(3,14-22(32)33)18-5-4-6-18/h7-13,16,18,23H,4-6,14H2,1-3H3,(H,31,34)(H,32,33)/t16-,23+,25?/m1/s1. The van der Waals surface area contributed by atoms with Crippen molar-refractivity contribution >= 4 is 29.2 Å². The van der Waals surface area contributed by atoms with Crippen LogP contribution in [0.5, 0.6) is 0 Å². The molecule has 0 aromatic heterocycles. The fourth-order valence-corrected chi connectivity index (χ4v) is 4.82. The molecule has 1 aliphatic rings. The summed E-state index contributed by atoms with van der Waals surface area (Å²) in [6.45, 7) is 4.68. The maximum atomic E-state index is 13.7. The van der Waals surface area contributed by atoms with Crippen LogP contribution in [0.2, 0.25) is 5.02 Å². The molecule has 0 aliphatic heterocycles. The second-order valence-corrected chi connectivity index (χ2v) is 9.93. The molecule has 1 unspecified atom stereocenters. The number of carboxylic acid groups (broad SMARTS) is 1. The molecule has 0 spiro atoms. The summed E-state index contributed by atoms with van der Waals surface area (Å²) in [5.41, 5.74) is 1.31. The molecule has 184 valence electrons. The minimum atomic E-state index is -4.58. The van der Waals surface area contributed by atoms with Gasteiger partial charge in [-0.1, -0.05) is 67.8 Å². The number of aryl methyl sites for hydroxylation is 1. The van der Waals surface area contributed by atoms with Gasteiger partial charge in [0.15, 0.2) is 0 Å². The van der Waals surface area contributed by atoms with Crippen molar-refractivity contribution in [3.63, 3.8) is 0 Å². The van der Waals surface area contributed by atoms with E-state index in [4.69, 9.17) is 11.6 Å². The monoisotopic (exact) mass is 495 g/mol. The number of carboxylic acids is 1. The molecule has 1 aliphatic carbocycles. The van der Waals surface area contributed by atoms with Gasteiger partial charge in [-0.3, -0.25) is 9.59 Å². The Morgan fingerprint density at radius 2 is 1.76 bits per heavy atom. The van der Waals surface area contributed by atoms with E-state index in [-0.39, 0.29) is 28.6 Å². The van der Waals surface area contributed by atoms with Crippen LogP contribution in [0.4, 0.5) is 18.9 Å². The summed E-state index contributed by atoms with van der Waals surface area (Å²) >= 11 is 6.31. The number of hydrogen-bond acceptors (Lipinski definition) is 2. The first kappa shape index (κ1) is 26.1. The van der Waals surface area contributed by atoms with Gasteiger partial charge in [0.05, 0.1) is 29.0 Å². The summed E-state index contributed by atoms with van der Waals surface area (Å²) in [6, 6.07) is 11.3. The summed E-state index contributed by atoms with van der Waals surface area (Å²) in [6.07, 6.45) is -1.86. The van der Waals surface area contributed by atoms with Crippen LogP contribution in [0.3, 0.4) is 0 Å². The normalized spacial score (nSPS) is 17.9. The van der Waals surface area contributed by atoms with Crippen molar-refractivity contribution in [1.82, 2.24) is 0 Å². The molecule has 2 aromatic carbocycles. The number of anilines is 1. The first-order valence-corrected chi connectivity index (χ1v) is 11.7. The zero-order chi connectivity index (χ0) is 25.3. The molecule has 1 amide bonds. The average molecular weight is 496 g/mol. The number of aliphatic carboxylic acids is 1. The first-order chi connectivity index (χ1) is 15.8. The molecular weight excluding hydrogens is 467 g/mol. The van der Waals surface area contributed by atoms with Gasteiger partial charge in [-0.2, -0.15) is 13.2 Å². The van der Waals surface area contributed by atoms with E-state index < -0.39 is 35.3 Å². The molecule has 4 nitrogen and oxygen atoms in total. The smallest absolute Gasteiger partial charge is 0.392 e. The highest BCUT2D eigenvalue weighted by Gasteiger charge is 2.45. The van der Waals surface area contributed by atoms with Gasteiger partial charge in [0, 0.05) is 5.41 Å². The lowest BCUT2D eigenvalue weighted by molar-refractivity contribution is -0.178. The molecule has 1 fully saturated rings. The Kier molecular flexibility index (Phi) is 7.65. The molecule has 8 heteroatoms. The molecule has 0 heterocycles. The van der Waals surface area contributed by atoms with Crippen molar-refractivity contribution in [1.29, 1.82) is 0 Å². The molecule has 0 bridgehead atoms. The van der Waals surface area contributed by atoms with Gasteiger partial charge in [-0.05, 0) is 48.9 Å². The Labute approximate surface area is 202 Å². The van der Waals surface area contributed by atoms with Crippen LogP contribution >= 0.6 is 11.6 Å². The van der Waals surface area contributed by atoms with E-state index in [2.05, 4.69) is 5.32 Å². The molecule has 2 N–H and O–H groups in total. The Morgan fingerprint density at radius 3 is 2.26 bits per heavy atom. The summed E-state index contributed by atoms with van der Waals surface area (Å²) in [7, 11) is 0. The largest absolute Gasteiger partial charge is 0.481 e. The molecule has 2 aromatic rings. The van der Waals surface area contributed by atoms with Crippen LogP contribution in [0, 0.1) is 18.8 Å². The number of rotatable bonds is 8. The highest BCUT2D eigenvalue weighted by atomic mass is 35.5. The molecule has 1 saturated carbocycles. The summed E-state index contributed by atoms with van der Waals surface area (Å²) < 4.78 is 41.0. The van der Waals surface area contributed by atoms with E-state index in [9.17, 15) is 27.9 Å². The van der Waals surface area contributed by atoms with Gasteiger partial charge < -0.3 is 10.4 Å². The summed E-state index contributed by atoms with van der Waals surface area (Å²) in [5, 5.41) is 12.3. The number of carbonyl (C=O) groups excluding carboxylic acids is 1. The number of nitrogens with one attached hydrogen (secondary N) is 1. The minimum absolute atomic E-state index is 0.0935. The van der Waals surface area contributed by atoms with Crippen LogP contribution in [0.25, 0.3) is 0 Å². The van der Waals surface area contributed by atoms with Crippen molar-refractivity contribution in [2.45, 2.75) is 64.0 Å². The lowest BCUT2D eigenvalue weighted by Gasteiger charge is -2.43. The number of carbonyl (C=O) groups is 2. The Morgan fingerprint density at radius 1 is 1.15 bits per heavy atom. The Balaban J connectivity index is 1.97. The van der Waals surface area contributed by atoms with E-state index in [1.54, 1.807) is 30.3 Å². The summed E-state index contributed by atoms with van der Waals surface area (Å²) in [4.78, 5) is 24.8. The lowest BCUT2D eigenvalue weighted by Crippen LogP contribution is -2.38. The fraction of sp³-hybridized carbons (Fsp3) is 0.462. The van der Waals surface area contributed by atoms with Crippen molar-refractivity contribution in [2.24, 2.45) is 11.8 Å². The Hall–Kier alpha value is -2.54. The Bertz CT molecular complexity index is 1050. The molecule has 3 rings (SSSR count). The predicted molar refractivity (Wildman–Crippen MR) is 126 cm³/mol. The maximum Gasteiger partial charge on any atom is 0.392 e. The topological polar surface area (TPSA) is 66.4 Å². The fourth-order valence-electron chi connectivity index (χ4n) is 4.66. The predicted octanol–water partition coefficient (Wildman–Crippen LogP) is 7.10. The number of benzene rings is 2. The number of hydrogen-bond donors (Lipinski definition) is 2. The third-order valence-corrected chi connectivity index (χ3v) is 7.47. The van der Waals surface area contributed by atoms with E-state index in [0.717, 1.165) is 31.7 Å². The molecular formula is C26H29ClF3NO3. The first-order valence-electron chi connectivity index (χ1n) is 11.3. The summed E-state index contributed by atoms with van der Waals surface area (Å²) in [5.74, 6) is -5.00. The van der Waals surface area contributed by atoms with Crippen molar-refractivity contribution in [2.75, 3.05) is 5.32 Å². The SMILES string of the molecule is Cc1ccc([C@@H](C(=O)Nc2cc(C(C)(CC(=O)O)C3CCC3)ccc2Cl)[C@@H](C)C(F)(F)F)cc1. The van der Waals surface area contributed by atoms with Gasteiger partial charge in [-0.25, -0.2) is 0 Å². The molecule has 3 atom stereocenters. The third kappa shape index (κ3) is 5.57. The number of amides is 1. The zero-order valence-electron chi connectivity index (χ0n) is 19.4. The average Bonchev–Trinajstić information content (AvgIpc) is 2.68. The van der Waals surface area contributed by atoms with E-state index in [1.807, 2.05) is 13.8 Å². The number of alkyl halides is 3. The van der Waals surface area contributed by atoms with Crippen molar-refractivity contribution in [3.8, 4) is 0 Å². The zero-order valence-corrected chi connectivity index (χ0v) is 20.1. The van der Waals surface area contributed by atoms with Crippen molar-refractivity contribution < 1.29 is 27.9 Å². The second kappa shape index (κ2) is 9.98. The van der Waals surface area contributed by atoms with Gasteiger partial charge in [-0.15, -0.1) is 0 Å². The highest BCUT2D eigenvalue weighted by Crippen LogP contribution is 2.47. The van der Waals surface area contributed by atoms with E-state index in [0.29, 0.717) is 5.56 Å². The number of halogens is 4. The molecule has 0 saturated heterocycles.